The molecule has 0 aliphatic heterocycles. The maximum Gasteiger partial charge on any atom is 0.330 e. The highest BCUT2D eigenvalue weighted by Crippen LogP contribution is 2.23. The minimum Gasteiger partial charge on any atom is -0.496 e. The lowest BCUT2D eigenvalue weighted by Gasteiger charge is -2.15. The number of carbonyl (C=O) groups is 1. The van der Waals surface area contributed by atoms with E-state index in [2.05, 4.69) is 4.74 Å². The van der Waals surface area contributed by atoms with E-state index in [4.69, 9.17) is 4.74 Å². The van der Waals surface area contributed by atoms with Crippen molar-refractivity contribution >= 4 is 5.78 Å². The molecule has 0 bridgehead atoms. The van der Waals surface area contributed by atoms with Gasteiger partial charge in [0.1, 0.15) is 19.0 Å². The Bertz CT molecular complexity index is 435. The predicted octanol–water partition coefficient (Wildman–Crippen LogP) is 2.79. The average molecular weight is 280 g/mol. The summed E-state index contributed by atoms with van der Waals surface area (Å²) < 4.78 is 58.0. The molecule has 0 saturated heterocycles. The van der Waals surface area contributed by atoms with Gasteiger partial charge in [-0.25, -0.2) is 8.78 Å². The number of methoxy groups -OCH3 is 1. The molecule has 0 fully saturated rings. The van der Waals surface area contributed by atoms with Crippen LogP contribution in [-0.2, 0) is 4.74 Å². The number of carbonyl (C=O) groups excluding carboxylic acids is 1. The Morgan fingerprint density at radius 2 is 1.95 bits per heavy atom. The first-order chi connectivity index (χ1) is 8.88. The molecule has 0 radical (unpaired) electrons. The molecule has 1 aromatic carbocycles. The second-order valence-corrected chi connectivity index (χ2v) is 3.68. The molecule has 106 valence electrons. The minimum atomic E-state index is -4.26. The van der Waals surface area contributed by atoms with Crippen LogP contribution in [0, 0.1) is 0 Å². The number of rotatable bonds is 7. The van der Waals surface area contributed by atoms with Crippen LogP contribution >= 0.6 is 0 Å². The first-order valence-electron chi connectivity index (χ1n) is 5.28. The Balaban J connectivity index is 2.57. The second-order valence-electron chi connectivity index (χ2n) is 3.68. The van der Waals surface area contributed by atoms with E-state index in [0.29, 0.717) is 0 Å². The van der Waals surface area contributed by atoms with Gasteiger partial charge in [-0.3, -0.25) is 4.79 Å². The largest absolute Gasteiger partial charge is 0.496 e. The van der Waals surface area contributed by atoms with Crippen molar-refractivity contribution in [3.8, 4) is 5.75 Å². The zero-order valence-electron chi connectivity index (χ0n) is 10.0. The molecule has 0 aliphatic rings. The summed E-state index contributed by atoms with van der Waals surface area (Å²) >= 11 is 0. The van der Waals surface area contributed by atoms with Crippen LogP contribution in [0.4, 0.5) is 17.6 Å². The highest BCUT2D eigenvalue weighted by atomic mass is 19.3. The third-order valence-corrected chi connectivity index (χ3v) is 2.25. The van der Waals surface area contributed by atoms with E-state index < -0.39 is 31.3 Å². The fraction of sp³-hybridized carbons (Fsp3) is 0.417. The molecular formula is C12H12F4O3. The smallest absolute Gasteiger partial charge is 0.330 e. The van der Waals surface area contributed by atoms with Gasteiger partial charge in [-0.1, -0.05) is 12.1 Å². The van der Waals surface area contributed by atoms with E-state index in [-0.39, 0.29) is 11.3 Å². The summed E-state index contributed by atoms with van der Waals surface area (Å²) in [7, 11) is 1.35. The zero-order chi connectivity index (χ0) is 14.5. The number of Topliss-reactive ketones (excluding diaryl/α,β-unsaturated/α-hetero) is 1. The summed E-state index contributed by atoms with van der Waals surface area (Å²) in [6.07, 6.45) is -3.83. The first-order valence-corrected chi connectivity index (χ1v) is 5.28. The average Bonchev–Trinajstić information content (AvgIpc) is 2.38. The number of hydrogen-bond acceptors (Lipinski definition) is 3. The maximum absolute atomic E-state index is 12.5. The fourth-order valence-corrected chi connectivity index (χ4v) is 1.30. The van der Waals surface area contributed by atoms with Crippen LogP contribution in [0.1, 0.15) is 10.4 Å². The van der Waals surface area contributed by atoms with Crippen LogP contribution in [0.5, 0.6) is 5.75 Å². The lowest BCUT2D eigenvalue weighted by molar-refractivity contribution is -0.163. The zero-order valence-corrected chi connectivity index (χ0v) is 10.0. The molecule has 0 aliphatic carbocycles. The summed E-state index contributed by atoms with van der Waals surface area (Å²) in [5.41, 5.74) is 0.144. The van der Waals surface area contributed by atoms with Crippen LogP contribution in [0.25, 0.3) is 0 Å². The van der Waals surface area contributed by atoms with Crippen molar-refractivity contribution in [2.24, 2.45) is 0 Å². The van der Waals surface area contributed by atoms with E-state index in [9.17, 15) is 22.4 Å². The summed E-state index contributed by atoms with van der Waals surface area (Å²) in [5.74, 6) is -4.62. The molecule has 0 heterocycles. The predicted molar refractivity (Wildman–Crippen MR) is 59.1 cm³/mol. The third kappa shape index (κ3) is 4.20. The monoisotopic (exact) mass is 280 g/mol. The standard InChI is InChI=1S/C12H12F4O3/c1-18-10-5-3-2-4-8(10)9(17)6-19-7-12(15,16)11(13)14/h2-5,11H,6-7H2,1H3. The summed E-state index contributed by atoms with van der Waals surface area (Å²) in [6, 6.07) is 6.13. The number of ketones is 1. The molecule has 0 spiro atoms. The van der Waals surface area contributed by atoms with Crippen LogP contribution < -0.4 is 4.74 Å². The molecule has 3 nitrogen and oxygen atoms in total. The molecule has 0 saturated carbocycles. The number of benzene rings is 1. The van der Waals surface area contributed by atoms with Crippen molar-refractivity contribution in [3.05, 3.63) is 29.8 Å². The molecule has 7 heteroatoms. The van der Waals surface area contributed by atoms with Gasteiger partial charge < -0.3 is 9.47 Å². The summed E-state index contributed by atoms with van der Waals surface area (Å²) in [6.45, 7) is -2.23. The second kappa shape index (κ2) is 6.51. The number of hydrogen-bond donors (Lipinski definition) is 0. The topological polar surface area (TPSA) is 35.5 Å². The highest BCUT2D eigenvalue weighted by Gasteiger charge is 2.41. The normalized spacial score (nSPS) is 11.7. The van der Waals surface area contributed by atoms with Crippen molar-refractivity contribution in [3.63, 3.8) is 0 Å². The van der Waals surface area contributed by atoms with Crippen LogP contribution in [-0.4, -0.2) is 38.5 Å². The molecule has 1 aromatic rings. The molecule has 0 aromatic heterocycles. The Morgan fingerprint density at radius 1 is 1.32 bits per heavy atom. The third-order valence-electron chi connectivity index (χ3n) is 2.25. The number of alkyl halides is 4. The lowest BCUT2D eigenvalue weighted by atomic mass is 10.1. The van der Waals surface area contributed by atoms with E-state index >= 15 is 0 Å². The van der Waals surface area contributed by atoms with Crippen molar-refractivity contribution in [2.45, 2.75) is 12.3 Å². The van der Waals surface area contributed by atoms with Crippen molar-refractivity contribution in [1.29, 1.82) is 0 Å². The van der Waals surface area contributed by atoms with Gasteiger partial charge in [0.2, 0.25) is 0 Å². The van der Waals surface area contributed by atoms with Crippen molar-refractivity contribution < 1.29 is 31.8 Å². The molecular weight excluding hydrogens is 268 g/mol. The Labute approximate surface area is 107 Å². The van der Waals surface area contributed by atoms with Gasteiger partial charge >= 0.3 is 12.3 Å². The number of ether oxygens (including phenoxy) is 2. The molecule has 0 amide bonds. The minimum absolute atomic E-state index is 0.144. The fourth-order valence-electron chi connectivity index (χ4n) is 1.30. The highest BCUT2D eigenvalue weighted by molar-refractivity contribution is 5.99. The Kier molecular flexibility index (Phi) is 5.29. The molecule has 1 rings (SSSR count). The van der Waals surface area contributed by atoms with Crippen LogP contribution in [0.3, 0.4) is 0 Å². The van der Waals surface area contributed by atoms with Crippen LogP contribution in [0.15, 0.2) is 24.3 Å². The van der Waals surface area contributed by atoms with Gasteiger partial charge in [0.05, 0.1) is 12.7 Å². The summed E-state index contributed by atoms with van der Waals surface area (Å²) in [5, 5.41) is 0. The maximum atomic E-state index is 12.5. The molecule has 19 heavy (non-hydrogen) atoms. The molecule has 0 unspecified atom stereocenters. The SMILES string of the molecule is COc1ccccc1C(=O)COCC(F)(F)C(F)F. The summed E-state index contributed by atoms with van der Waals surface area (Å²) in [4.78, 5) is 11.6. The van der Waals surface area contributed by atoms with Crippen molar-refractivity contribution in [2.75, 3.05) is 20.3 Å². The van der Waals surface area contributed by atoms with E-state index in [1.807, 2.05) is 0 Å². The first kappa shape index (κ1) is 15.4. The number of para-hydroxylation sites is 1. The van der Waals surface area contributed by atoms with Gasteiger partial charge in [-0.05, 0) is 12.1 Å². The van der Waals surface area contributed by atoms with Gasteiger partial charge in [0.15, 0.2) is 5.78 Å². The van der Waals surface area contributed by atoms with E-state index in [0.717, 1.165) is 0 Å². The van der Waals surface area contributed by atoms with Gasteiger partial charge in [0, 0.05) is 0 Å². The van der Waals surface area contributed by atoms with Gasteiger partial charge in [-0.15, -0.1) is 0 Å². The quantitative estimate of drug-likeness (QED) is 0.569. The molecule has 0 atom stereocenters. The van der Waals surface area contributed by atoms with Gasteiger partial charge in [0.25, 0.3) is 0 Å². The van der Waals surface area contributed by atoms with Gasteiger partial charge in [-0.2, -0.15) is 8.78 Å². The number of halogens is 4. The lowest BCUT2D eigenvalue weighted by Crippen LogP contribution is -2.33. The van der Waals surface area contributed by atoms with E-state index in [1.165, 1.54) is 19.2 Å². The Morgan fingerprint density at radius 3 is 2.53 bits per heavy atom. The van der Waals surface area contributed by atoms with E-state index in [1.54, 1.807) is 12.1 Å². The van der Waals surface area contributed by atoms with Crippen molar-refractivity contribution in [1.82, 2.24) is 0 Å². The van der Waals surface area contributed by atoms with Crippen LogP contribution in [0.2, 0.25) is 0 Å². The Hall–Kier alpha value is -1.63. The molecule has 0 N–H and O–H groups in total.